The normalized spacial score (nSPS) is 15.6. The first kappa shape index (κ1) is 12.9. The van der Waals surface area contributed by atoms with Crippen LogP contribution in [-0.2, 0) is 11.2 Å². The molecule has 0 saturated heterocycles. The molecule has 0 aliphatic heterocycles. The van der Waals surface area contributed by atoms with Gasteiger partial charge in [-0.15, -0.1) is 0 Å². The lowest BCUT2D eigenvalue weighted by atomic mass is 10.1. The van der Waals surface area contributed by atoms with Gasteiger partial charge < -0.3 is 10.6 Å². The largest absolute Gasteiger partial charge is 0.385 e. The van der Waals surface area contributed by atoms with Crippen molar-refractivity contribution in [1.29, 1.82) is 0 Å². The van der Waals surface area contributed by atoms with Crippen LogP contribution in [0.15, 0.2) is 24.3 Å². The minimum atomic E-state index is 0.0571. The molecule has 1 aliphatic rings. The number of hydrogen-bond donors (Lipinski definition) is 2. The SMILES string of the molecule is CNC(=O)Cc1ccc(NCC2CCCC2)cc1. The zero-order valence-electron chi connectivity index (χ0n) is 11.0. The summed E-state index contributed by atoms with van der Waals surface area (Å²) in [6, 6.07) is 8.17. The van der Waals surface area contributed by atoms with Gasteiger partial charge >= 0.3 is 0 Å². The number of amides is 1. The Morgan fingerprint density at radius 3 is 2.50 bits per heavy atom. The molecule has 1 aliphatic carbocycles. The van der Waals surface area contributed by atoms with E-state index in [0.717, 1.165) is 23.7 Å². The van der Waals surface area contributed by atoms with Crippen LogP contribution in [0.25, 0.3) is 0 Å². The molecule has 0 radical (unpaired) electrons. The van der Waals surface area contributed by atoms with Gasteiger partial charge in [-0.3, -0.25) is 4.79 Å². The zero-order chi connectivity index (χ0) is 12.8. The molecule has 2 rings (SSSR count). The van der Waals surface area contributed by atoms with Crippen molar-refractivity contribution >= 4 is 11.6 Å². The monoisotopic (exact) mass is 246 g/mol. The van der Waals surface area contributed by atoms with Gasteiger partial charge in [0.05, 0.1) is 6.42 Å². The number of hydrogen-bond acceptors (Lipinski definition) is 2. The van der Waals surface area contributed by atoms with E-state index in [4.69, 9.17) is 0 Å². The van der Waals surface area contributed by atoms with E-state index < -0.39 is 0 Å². The van der Waals surface area contributed by atoms with Crippen LogP contribution < -0.4 is 10.6 Å². The van der Waals surface area contributed by atoms with Crippen molar-refractivity contribution < 1.29 is 4.79 Å². The highest BCUT2D eigenvalue weighted by Gasteiger charge is 2.14. The van der Waals surface area contributed by atoms with E-state index in [-0.39, 0.29) is 5.91 Å². The number of benzene rings is 1. The van der Waals surface area contributed by atoms with E-state index in [1.165, 1.54) is 25.7 Å². The summed E-state index contributed by atoms with van der Waals surface area (Å²) in [6.07, 6.45) is 5.96. The van der Waals surface area contributed by atoms with Crippen molar-refractivity contribution in [3.63, 3.8) is 0 Å². The molecule has 98 valence electrons. The van der Waals surface area contributed by atoms with Gasteiger partial charge in [-0.1, -0.05) is 25.0 Å². The summed E-state index contributed by atoms with van der Waals surface area (Å²) < 4.78 is 0. The molecule has 0 unspecified atom stereocenters. The molecule has 1 amide bonds. The molecule has 18 heavy (non-hydrogen) atoms. The predicted molar refractivity (Wildman–Crippen MR) is 74.7 cm³/mol. The average molecular weight is 246 g/mol. The Balaban J connectivity index is 1.81. The number of rotatable bonds is 5. The summed E-state index contributed by atoms with van der Waals surface area (Å²) in [5, 5.41) is 6.12. The van der Waals surface area contributed by atoms with E-state index >= 15 is 0 Å². The van der Waals surface area contributed by atoms with E-state index in [1.807, 2.05) is 12.1 Å². The number of likely N-dealkylation sites (N-methyl/N-ethyl adjacent to an activating group) is 1. The van der Waals surface area contributed by atoms with Crippen LogP contribution in [0.2, 0.25) is 0 Å². The van der Waals surface area contributed by atoms with Crippen LogP contribution in [0.1, 0.15) is 31.2 Å². The number of carbonyl (C=O) groups excluding carboxylic acids is 1. The van der Waals surface area contributed by atoms with Crippen molar-refractivity contribution in [3.8, 4) is 0 Å². The van der Waals surface area contributed by atoms with Crippen molar-refractivity contribution in [1.82, 2.24) is 5.32 Å². The van der Waals surface area contributed by atoms with E-state index in [1.54, 1.807) is 7.05 Å². The quantitative estimate of drug-likeness (QED) is 0.838. The highest BCUT2D eigenvalue weighted by molar-refractivity contribution is 5.78. The van der Waals surface area contributed by atoms with Crippen LogP contribution >= 0.6 is 0 Å². The van der Waals surface area contributed by atoms with Gasteiger partial charge in [-0.2, -0.15) is 0 Å². The number of nitrogens with one attached hydrogen (secondary N) is 2. The second kappa shape index (κ2) is 6.43. The molecule has 0 spiro atoms. The first-order chi connectivity index (χ1) is 8.78. The van der Waals surface area contributed by atoms with Gasteiger partial charge in [-0.05, 0) is 36.5 Å². The van der Waals surface area contributed by atoms with Gasteiger partial charge in [0.25, 0.3) is 0 Å². The minimum absolute atomic E-state index is 0.0571. The summed E-state index contributed by atoms with van der Waals surface area (Å²) >= 11 is 0. The molecule has 1 saturated carbocycles. The van der Waals surface area contributed by atoms with Crippen molar-refractivity contribution in [3.05, 3.63) is 29.8 Å². The third kappa shape index (κ3) is 3.76. The number of anilines is 1. The molecule has 3 heteroatoms. The highest BCUT2D eigenvalue weighted by Crippen LogP contribution is 2.25. The van der Waals surface area contributed by atoms with Gasteiger partial charge in [0.1, 0.15) is 0 Å². The van der Waals surface area contributed by atoms with Crippen LogP contribution in [-0.4, -0.2) is 19.5 Å². The molecule has 1 aromatic rings. The fourth-order valence-electron chi connectivity index (χ4n) is 2.49. The summed E-state index contributed by atoms with van der Waals surface area (Å²) in [7, 11) is 1.67. The molecular formula is C15H22N2O. The summed E-state index contributed by atoms with van der Waals surface area (Å²) in [6.45, 7) is 1.08. The van der Waals surface area contributed by atoms with Gasteiger partial charge in [0.2, 0.25) is 5.91 Å². The Morgan fingerprint density at radius 2 is 1.89 bits per heavy atom. The first-order valence-electron chi connectivity index (χ1n) is 6.81. The van der Waals surface area contributed by atoms with Gasteiger partial charge in [0.15, 0.2) is 0 Å². The molecule has 3 nitrogen and oxygen atoms in total. The van der Waals surface area contributed by atoms with Crippen molar-refractivity contribution in [2.75, 3.05) is 18.9 Å². The molecule has 1 fully saturated rings. The van der Waals surface area contributed by atoms with E-state index in [0.29, 0.717) is 6.42 Å². The minimum Gasteiger partial charge on any atom is -0.385 e. The lowest BCUT2D eigenvalue weighted by molar-refractivity contribution is -0.119. The Morgan fingerprint density at radius 1 is 1.22 bits per heavy atom. The van der Waals surface area contributed by atoms with Crippen LogP contribution in [0.5, 0.6) is 0 Å². The maximum atomic E-state index is 11.2. The fourth-order valence-corrected chi connectivity index (χ4v) is 2.49. The van der Waals surface area contributed by atoms with Crippen molar-refractivity contribution in [2.45, 2.75) is 32.1 Å². The standard InChI is InChI=1S/C15H22N2O/c1-16-15(18)10-12-6-8-14(9-7-12)17-11-13-4-2-3-5-13/h6-9,13,17H,2-5,10-11H2,1H3,(H,16,18). The topological polar surface area (TPSA) is 41.1 Å². The smallest absolute Gasteiger partial charge is 0.224 e. The number of carbonyl (C=O) groups is 1. The van der Waals surface area contributed by atoms with Crippen molar-refractivity contribution in [2.24, 2.45) is 5.92 Å². The van der Waals surface area contributed by atoms with Gasteiger partial charge in [0, 0.05) is 19.3 Å². The van der Waals surface area contributed by atoms with Crippen LogP contribution in [0, 0.1) is 5.92 Å². The van der Waals surface area contributed by atoms with Gasteiger partial charge in [-0.25, -0.2) is 0 Å². The lowest BCUT2D eigenvalue weighted by Crippen LogP contribution is -2.19. The average Bonchev–Trinajstić information content (AvgIpc) is 2.91. The molecule has 0 heterocycles. The summed E-state index contributed by atoms with van der Waals surface area (Å²) in [4.78, 5) is 11.2. The summed E-state index contributed by atoms with van der Waals surface area (Å²) in [5.74, 6) is 0.900. The third-order valence-corrected chi connectivity index (χ3v) is 3.67. The second-order valence-corrected chi connectivity index (χ2v) is 5.08. The maximum Gasteiger partial charge on any atom is 0.224 e. The lowest BCUT2D eigenvalue weighted by Gasteiger charge is -2.12. The Labute approximate surface area is 109 Å². The Hall–Kier alpha value is -1.51. The fraction of sp³-hybridized carbons (Fsp3) is 0.533. The van der Waals surface area contributed by atoms with E-state index in [2.05, 4.69) is 22.8 Å². The predicted octanol–water partition coefficient (Wildman–Crippen LogP) is 2.58. The molecule has 2 N–H and O–H groups in total. The Kier molecular flexibility index (Phi) is 4.62. The molecule has 0 bridgehead atoms. The Bertz CT molecular complexity index is 380. The third-order valence-electron chi connectivity index (χ3n) is 3.67. The van der Waals surface area contributed by atoms with Crippen LogP contribution in [0.4, 0.5) is 5.69 Å². The molecular weight excluding hydrogens is 224 g/mol. The second-order valence-electron chi connectivity index (χ2n) is 5.08. The van der Waals surface area contributed by atoms with E-state index in [9.17, 15) is 4.79 Å². The molecule has 1 aromatic carbocycles. The maximum absolute atomic E-state index is 11.2. The zero-order valence-corrected chi connectivity index (χ0v) is 11.0. The summed E-state index contributed by atoms with van der Waals surface area (Å²) in [5.41, 5.74) is 2.21. The van der Waals surface area contributed by atoms with Crippen LogP contribution in [0.3, 0.4) is 0 Å². The molecule has 0 atom stereocenters. The molecule has 0 aromatic heterocycles. The first-order valence-corrected chi connectivity index (χ1v) is 6.81. The highest BCUT2D eigenvalue weighted by atomic mass is 16.1.